The van der Waals surface area contributed by atoms with Crippen LogP contribution in [0.2, 0.25) is 0 Å². The van der Waals surface area contributed by atoms with E-state index in [4.69, 9.17) is 32.9 Å². The highest BCUT2D eigenvalue weighted by molar-refractivity contribution is 7.90. The van der Waals surface area contributed by atoms with Crippen LogP contribution in [0.3, 0.4) is 0 Å². The second-order valence-corrected chi connectivity index (χ2v) is 17.0. The predicted molar refractivity (Wildman–Crippen MR) is 207 cm³/mol. The lowest BCUT2D eigenvalue weighted by atomic mass is 9.87. The van der Waals surface area contributed by atoms with Crippen molar-refractivity contribution in [2.45, 2.75) is 47.0 Å². The molecule has 2 fully saturated rings. The number of sulfone groups is 1. The highest BCUT2D eigenvalue weighted by Crippen LogP contribution is 2.33. The summed E-state index contributed by atoms with van der Waals surface area (Å²) in [6, 6.07) is 3.70. The van der Waals surface area contributed by atoms with Crippen LogP contribution in [0, 0.1) is 11.3 Å². The highest BCUT2D eigenvalue weighted by atomic mass is 35.5. The van der Waals surface area contributed by atoms with E-state index in [0.29, 0.717) is 47.1 Å². The van der Waals surface area contributed by atoms with Crippen LogP contribution in [0.5, 0.6) is 5.75 Å². The van der Waals surface area contributed by atoms with E-state index >= 15 is 0 Å². The molecule has 0 saturated carbocycles. The van der Waals surface area contributed by atoms with E-state index in [1.54, 1.807) is 26.2 Å². The molecule has 50 heavy (non-hydrogen) atoms. The summed E-state index contributed by atoms with van der Waals surface area (Å²) >= 11 is 12.7. The smallest absolute Gasteiger partial charge is 0.314 e. The molecule has 1 aromatic rings. The summed E-state index contributed by atoms with van der Waals surface area (Å²) in [4.78, 5) is 28.0. The van der Waals surface area contributed by atoms with Gasteiger partial charge in [0.05, 0.1) is 17.6 Å². The number of likely N-dealkylation sites (tertiary alicyclic amines) is 1. The number of rotatable bonds is 15. The largest absolute Gasteiger partial charge is 0.442 e. The number of urea groups is 1. The number of piperidine rings is 1. The predicted octanol–water partition coefficient (Wildman–Crippen LogP) is 5.81. The highest BCUT2D eigenvalue weighted by Gasteiger charge is 2.24. The average molecular weight is 753 g/mol. The zero-order valence-corrected chi connectivity index (χ0v) is 32.8. The Labute approximate surface area is 309 Å². The van der Waals surface area contributed by atoms with Crippen LogP contribution in [0.25, 0.3) is 0 Å². The number of hydrogen-bond donors (Lipinski definition) is 2. The molecular formula is C36H55Cl2N7O4S. The standard InChI is InChI=1S/C36H55Cl2N7O4S/c1-27(26-44-14-11-30(12-15-44)24-41-35(46)39-6)21-33(36(4,5)23-31(38)22-28(2)37)42-29(3)49-32-9-10-34(40-25-32)45-18-16-43(17-19-45)13-8-20-50(7,47)48/h9-10,21-23,25,30H,1,8,11-20,24,26H2,2-7H3,(H2,39,41,46)/b28-22+,31-23+,33-21-,42-29+. The van der Waals surface area contributed by atoms with Crippen LogP contribution < -0.4 is 20.3 Å². The van der Waals surface area contributed by atoms with E-state index in [2.05, 4.69) is 36.9 Å². The fourth-order valence-corrected chi connectivity index (χ4v) is 7.21. The van der Waals surface area contributed by atoms with Crippen LogP contribution in [0.1, 0.15) is 47.0 Å². The van der Waals surface area contributed by atoms with Gasteiger partial charge in [-0.2, -0.15) is 0 Å². The van der Waals surface area contributed by atoms with Crippen molar-refractivity contribution < 1.29 is 17.9 Å². The van der Waals surface area contributed by atoms with E-state index in [1.165, 1.54) is 6.26 Å². The minimum atomic E-state index is -2.93. The van der Waals surface area contributed by atoms with E-state index in [9.17, 15) is 13.2 Å². The van der Waals surface area contributed by atoms with E-state index in [1.807, 2.05) is 45.1 Å². The van der Waals surface area contributed by atoms with Gasteiger partial charge in [0.15, 0.2) is 5.90 Å². The summed E-state index contributed by atoms with van der Waals surface area (Å²) < 4.78 is 29.0. The third-order valence-corrected chi connectivity index (χ3v) is 10.1. The number of piperazine rings is 1. The molecule has 2 saturated heterocycles. The molecule has 0 spiro atoms. The maximum atomic E-state index is 11.6. The number of hydrogen-bond acceptors (Lipinski definition) is 9. The van der Waals surface area contributed by atoms with Gasteiger partial charge < -0.3 is 20.3 Å². The van der Waals surface area contributed by atoms with Gasteiger partial charge in [0.1, 0.15) is 21.4 Å². The van der Waals surface area contributed by atoms with E-state index in [0.717, 1.165) is 75.7 Å². The molecule has 1 aromatic heterocycles. The van der Waals surface area contributed by atoms with Gasteiger partial charge in [0.2, 0.25) is 0 Å². The van der Waals surface area contributed by atoms with Crippen molar-refractivity contribution in [1.29, 1.82) is 0 Å². The Morgan fingerprint density at radius 2 is 1.78 bits per heavy atom. The first kappa shape index (κ1) is 41.5. The molecule has 11 nitrogen and oxygen atoms in total. The van der Waals surface area contributed by atoms with Gasteiger partial charge in [-0.1, -0.05) is 49.7 Å². The lowest BCUT2D eigenvalue weighted by Gasteiger charge is -2.35. The third-order valence-electron chi connectivity index (χ3n) is 8.70. The number of carbonyl (C=O) groups excluding carboxylic acids is 1. The number of anilines is 1. The topological polar surface area (TPSA) is 119 Å². The fourth-order valence-electron chi connectivity index (χ4n) is 5.95. The number of nitrogens with zero attached hydrogens (tertiary/aromatic N) is 5. The number of aliphatic imine (C=N–C) groups is 1. The molecular weight excluding hydrogens is 697 g/mol. The Kier molecular flexibility index (Phi) is 16.3. The lowest BCUT2D eigenvalue weighted by Crippen LogP contribution is -2.47. The maximum absolute atomic E-state index is 11.6. The normalized spacial score (nSPS) is 18.3. The van der Waals surface area contributed by atoms with Crippen LogP contribution in [0.15, 0.2) is 69.5 Å². The molecule has 0 radical (unpaired) electrons. The third kappa shape index (κ3) is 15.1. The van der Waals surface area contributed by atoms with E-state index < -0.39 is 15.3 Å². The monoisotopic (exact) mass is 751 g/mol. The Hall–Kier alpha value is -2.90. The zero-order chi connectivity index (χ0) is 36.9. The van der Waals surface area contributed by atoms with Gasteiger partial charge >= 0.3 is 6.03 Å². The van der Waals surface area contributed by atoms with Gasteiger partial charge in [-0.25, -0.2) is 23.2 Å². The summed E-state index contributed by atoms with van der Waals surface area (Å²) in [6.07, 6.45) is 11.3. The number of pyridine rings is 1. The molecule has 0 aromatic carbocycles. The van der Waals surface area contributed by atoms with Crippen molar-refractivity contribution >= 4 is 50.8 Å². The second kappa shape index (κ2) is 19.6. The molecule has 0 aliphatic carbocycles. The number of carbonyl (C=O) groups is 1. The van der Waals surface area contributed by atoms with Gasteiger partial charge in [0.25, 0.3) is 0 Å². The van der Waals surface area contributed by atoms with Crippen molar-refractivity contribution in [3.05, 3.63) is 64.5 Å². The Morgan fingerprint density at radius 3 is 2.36 bits per heavy atom. The maximum Gasteiger partial charge on any atom is 0.314 e. The number of ether oxygens (including phenoxy) is 1. The second-order valence-electron chi connectivity index (χ2n) is 13.7. The molecule has 0 bridgehead atoms. The first-order chi connectivity index (χ1) is 23.5. The molecule has 3 rings (SSSR count). The molecule has 2 N–H and O–H groups in total. The van der Waals surface area contributed by atoms with Crippen LogP contribution >= 0.6 is 23.2 Å². The van der Waals surface area contributed by atoms with Crippen molar-refractivity contribution in [1.82, 2.24) is 25.4 Å². The molecule has 14 heteroatoms. The Morgan fingerprint density at radius 1 is 1.10 bits per heavy atom. The molecule has 2 amide bonds. The van der Waals surface area contributed by atoms with Crippen molar-refractivity contribution in [3.63, 3.8) is 0 Å². The first-order valence-electron chi connectivity index (χ1n) is 17.2. The summed E-state index contributed by atoms with van der Waals surface area (Å²) in [6.45, 7) is 19.4. The van der Waals surface area contributed by atoms with Crippen molar-refractivity contribution in [2.75, 3.05) is 82.9 Å². The number of aromatic nitrogens is 1. The number of allylic oxidation sites excluding steroid dienone is 4. The zero-order valence-electron chi connectivity index (χ0n) is 30.5. The van der Waals surface area contributed by atoms with Gasteiger partial charge in [0, 0.05) is 75.0 Å². The number of amides is 2. The Balaban J connectivity index is 1.66. The molecule has 0 unspecified atom stereocenters. The van der Waals surface area contributed by atoms with Gasteiger partial charge in [-0.05, 0) is 81.6 Å². The number of halogens is 2. The minimum absolute atomic E-state index is 0.146. The summed E-state index contributed by atoms with van der Waals surface area (Å²) in [7, 11) is -1.31. The molecule has 3 heterocycles. The van der Waals surface area contributed by atoms with Crippen molar-refractivity contribution in [3.8, 4) is 5.75 Å². The fraction of sp³-hybridized carbons (Fsp3) is 0.583. The van der Waals surface area contributed by atoms with Crippen LogP contribution in [-0.2, 0) is 9.84 Å². The van der Waals surface area contributed by atoms with Crippen molar-refractivity contribution in [2.24, 2.45) is 16.3 Å². The quantitative estimate of drug-likeness (QED) is 0.131. The number of nitrogens with one attached hydrogen (secondary N) is 2. The summed E-state index contributed by atoms with van der Waals surface area (Å²) in [5, 5.41) is 6.61. The molecule has 0 atom stereocenters. The molecule has 278 valence electrons. The Bertz CT molecular complexity index is 1520. The SMILES string of the molecule is C=C(/C=C(\N=C(/C)Oc1ccc(N2CCN(CCCS(C)(=O)=O)CC2)nc1)C(C)(C)/C=C(Cl)\C=C(/C)Cl)CN1CCC(CNC(=O)NC)CC1. The van der Waals surface area contributed by atoms with E-state index in [-0.39, 0.29) is 11.8 Å². The van der Waals surface area contributed by atoms with Gasteiger partial charge in [-0.3, -0.25) is 9.80 Å². The van der Waals surface area contributed by atoms with Gasteiger partial charge in [-0.15, -0.1) is 0 Å². The summed E-state index contributed by atoms with van der Waals surface area (Å²) in [5.41, 5.74) is 1.07. The van der Waals surface area contributed by atoms with Crippen LogP contribution in [-0.4, -0.2) is 113 Å². The average Bonchev–Trinajstić information content (AvgIpc) is 3.03. The molecule has 2 aliphatic rings. The lowest BCUT2D eigenvalue weighted by molar-refractivity contribution is 0.194. The van der Waals surface area contributed by atoms with Crippen LogP contribution in [0.4, 0.5) is 10.6 Å². The molecule has 2 aliphatic heterocycles. The minimum Gasteiger partial charge on any atom is -0.442 e. The summed E-state index contributed by atoms with van der Waals surface area (Å²) in [5.74, 6) is 2.57. The first-order valence-corrected chi connectivity index (χ1v) is 20.0.